The highest BCUT2D eigenvalue weighted by atomic mass is 16.4. The highest BCUT2D eigenvalue weighted by Crippen LogP contribution is 2.19. The van der Waals surface area contributed by atoms with Crippen LogP contribution in [0.3, 0.4) is 0 Å². The van der Waals surface area contributed by atoms with Gasteiger partial charge >= 0.3 is 5.97 Å². The first kappa shape index (κ1) is 13.1. The van der Waals surface area contributed by atoms with Gasteiger partial charge in [-0.1, -0.05) is 6.42 Å². The number of likely N-dealkylation sites (N-methyl/N-ethyl adjacent to an activating group) is 1. The topological polar surface area (TPSA) is 70.7 Å². The van der Waals surface area contributed by atoms with Crippen LogP contribution in [0.25, 0.3) is 5.65 Å². The van der Waals surface area contributed by atoms with E-state index in [0.717, 1.165) is 18.8 Å². The minimum Gasteiger partial charge on any atom is -0.478 e. The molecule has 1 atom stereocenters. The Morgan fingerprint density at radius 1 is 1.45 bits per heavy atom. The summed E-state index contributed by atoms with van der Waals surface area (Å²) in [5, 5.41) is 17.3. The number of rotatable bonds is 3. The van der Waals surface area contributed by atoms with Crippen molar-refractivity contribution in [2.24, 2.45) is 0 Å². The Labute approximate surface area is 117 Å². The molecule has 3 rings (SSSR count). The highest BCUT2D eigenvalue weighted by Gasteiger charge is 2.21. The van der Waals surface area contributed by atoms with Gasteiger partial charge in [-0.25, -0.2) is 4.79 Å². The molecule has 0 amide bonds. The molecule has 0 spiro atoms. The van der Waals surface area contributed by atoms with Crippen LogP contribution in [0, 0.1) is 0 Å². The van der Waals surface area contributed by atoms with E-state index >= 15 is 0 Å². The van der Waals surface area contributed by atoms with E-state index in [4.69, 9.17) is 5.11 Å². The standard InChI is InChI=1S/C14H18N4O2/c1-17-6-3-2-4-11(17)9-13-16-15-12-8-10(14(19)20)5-7-18(12)13/h5,7-8,11H,2-4,6,9H2,1H3,(H,19,20). The van der Waals surface area contributed by atoms with Gasteiger partial charge < -0.3 is 10.0 Å². The second-order valence-corrected chi connectivity index (χ2v) is 5.40. The Kier molecular flexibility index (Phi) is 3.40. The maximum absolute atomic E-state index is 10.9. The van der Waals surface area contributed by atoms with E-state index in [9.17, 15) is 4.79 Å². The van der Waals surface area contributed by atoms with E-state index in [0.29, 0.717) is 11.7 Å². The second-order valence-electron chi connectivity index (χ2n) is 5.40. The van der Waals surface area contributed by atoms with Crippen molar-refractivity contribution in [3.05, 3.63) is 29.7 Å². The van der Waals surface area contributed by atoms with Crippen LogP contribution in [0.5, 0.6) is 0 Å². The number of aromatic carboxylic acids is 1. The van der Waals surface area contributed by atoms with Crippen LogP contribution in [0.4, 0.5) is 0 Å². The number of hydrogen-bond acceptors (Lipinski definition) is 4. The van der Waals surface area contributed by atoms with E-state index in [1.54, 1.807) is 18.3 Å². The molecule has 20 heavy (non-hydrogen) atoms. The summed E-state index contributed by atoms with van der Waals surface area (Å²) < 4.78 is 1.88. The molecule has 0 aliphatic carbocycles. The van der Waals surface area contributed by atoms with Crippen LogP contribution in [-0.4, -0.2) is 50.2 Å². The molecule has 2 aromatic heterocycles. The SMILES string of the molecule is CN1CCCCC1Cc1nnc2cc(C(=O)O)ccn12. The molecule has 1 fully saturated rings. The number of aromatic nitrogens is 3. The van der Waals surface area contributed by atoms with Crippen molar-refractivity contribution < 1.29 is 9.90 Å². The number of carbonyl (C=O) groups is 1. The quantitative estimate of drug-likeness (QED) is 0.917. The molecule has 1 saturated heterocycles. The monoisotopic (exact) mass is 274 g/mol. The third-order valence-corrected chi connectivity index (χ3v) is 4.07. The number of nitrogens with zero attached hydrogens (tertiary/aromatic N) is 4. The third-order valence-electron chi connectivity index (χ3n) is 4.07. The Morgan fingerprint density at radius 3 is 3.05 bits per heavy atom. The highest BCUT2D eigenvalue weighted by molar-refractivity contribution is 5.88. The third kappa shape index (κ3) is 2.38. The fourth-order valence-corrected chi connectivity index (χ4v) is 2.83. The van der Waals surface area contributed by atoms with Gasteiger partial charge in [0.25, 0.3) is 0 Å². The maximum atomic E-state index is 10.9. The lowest BCUT2D eigenvalue weighted by Gasteiger charge is -2.31. The van der Waals surface area contributed by atoms with Gasteiger partial charge in [0, 0.05) is 18.7 Å². The summed E-state index contributed by atoms with van der Waals surface area (Å²) in [7, 11) is 2.15. The van der Waals surface area contributed by atoms with E-state index in [2.05, 4.69) is 22.1 Å². The predicted molar refractivity (Wildman–Crippen MR) is 73.9 cm³/mol. The van der Waals surface area contributed by atoms with Crippen LogP contribution >= 0.6 is 0 Å². The first-order valence-corrected chi connectivity index (χ1v) is 6.92. The molecular formula is C14H18N4O2. The number of fused-ring (bicyclic) bond motifs is 1. The van der Waals surface area contributed by atoms with Crippen molar-refractivity contribution in [2.45, 2.75) is 31.7 Å². The zero-order chi connectivity index (χ0) is 14.1. The summed E-state index contributed by atoms with van der Waals surface area (Å²) in [6.07, 6.45) is 6.30. The summed E-state index contributed by atoms with van der Waals surface area (Å²) in [6.45, 7) is 1.13. The number of hydrogen-bond donors (Lipinski definition) is 1. The molecule has 1 unspecified atom stereocenters. The van der Waals surface area contributed by atoms with Crippen LogP contribution in [0.1, 0.15) is 35.4 Å². The van der Waals surface area contributed by atoms with Crippen molar-refractivity contribution in [3.8, 4) is 0 Å². The minimum atomic E-state index is -0.941. The van der Waals surface area contributed by atoms with Crippen molar-refractivity contribution in [3.63, 3.8) is 0 Å². The Hall–Kier alpha value is -1.95. The van der Waals surface area contributed by atoms with E-state index in [1.807, 2.05) is 4.40 Å². The predicted octanol–water partition coefficient (Wildman–Crippen LogP) is 1.45. The fourth-order valence-electron chi connectivity index (χ4n) is 2.83. The van der Waals surface area contributed by atoms with Gasteiger partial charge in [0.2, 0.25) is 0 Å². The van der Waals surface area contributed by atoms with E-state index in [-0.39, 0.29) is 5.56 Å². The number of carboxylic acid groups (broad SMARTS) is 1. The van der Waals surface area contributed by atoms with Crippen molar-refractivity contribution in [2.75, 3.05) is 13.6 Å². The lowest BCUT2D eigenvalue weighted by molar-refractivity contribution is 0.0697. The second kappa shape index (κ2) is 5.20. The van der Waals surface area contributed by atoms with Gasteiger partial charge in [0.05, 0.1) is 5.56 Å². The molecule has 2 aromatic rings. The van der Waals surface area contributed by atoms with Crippen molar-refractivity contribution >= 4 is 11.6 Å². The van der Waals surface area contributed by atoms with Gasteiger partial charge in [-0.2, -0.15) is 0 Å². The molecule has 0 bridgehead atoms. The molecule has 1 aliphatic heterocycles. The molecule has 3 heterocycles. The molecule has 6 nitrogen and oxygen atoms in total. The summed E-state index contributed by atoms with van der Waals surface area (Å²) >= 11 is 0. The molecule has 0 saturated carbocycles. The Balaban J connectivity index is 1.87. The lowest BCUT2D eigenvalue weighted by atomic mass is 10.00. The summed E-state index contributed by atoms with van der Waals surface area (Å²) in [4.78, 5) is 13.3. The zero-order valence-electron chi connectivity index (χ0n) is 11.5. The zero-order valence-corrected chi connectivity index (χ0v) is 11.5. The average molecular weight is 274 g/mol. The number of carboxylic acids is 1. The molecule has 1 aliphatic rings. The minimum absolute atomic E-state index is 0.242. The Morgan fingerprint density at radius 2 is 2.30 bits per heavy atom. The van der Waals surface area contributed by atoms with Gasteiger partial charge in [-0.15, -0.1) is 10.2 Å². The van der Waals surface area contributed by atoms with Crippen LogP contribution in [-0.2, 0) is 6.42 Å². The summed E-state index contributed by atoms with van der Waals surface area (Å²) in [5.41, 5.74) is 0.838. The Bertz CT molecular complexity index is 637. The van der Waals surface area contributed by atoms with Gasteiger partial charge in [-0.05, 0) is 38.6 Å². The van der Waals surface area contributed by atoms with E-state index < -0.39 is 5.97 Å². The maximum Gasteiger partial charge on any atom is 0.335 e. The molecular weight excluding hydrogens is 256 g/mol. The number of pyridine rings is 1. The van der Waals surface area contributed by atoms with Crippen LogP contribution < -0.4 is 0 Å². The molecule has 1 N–H and O–H groups in total. The normalized spacial score (nSPS) is 20.4. The summed E-state index contributed by atoms with van der Waals surface area (Å²) in [5.74, 6) is -0.0419. The molecule has 106 valence electrons. The number of piperidine rings is 1. The van der Waals surface area contributed by atoms with Crippen molar-refractivity contribution in [1.82, 2.24) is 19.5 Å². The van der Waals surface area contributed by atoms with Gasteiger partial charge in [0.15, 0.2) is 5.65 Å². The lowest BCUT2D eigenvalue weighted by Crippen LogP contribution is -2.38. The first-order valence-electron chi connectivity index (χ1n) is 6.92. The van der Waals surface area contributed by atoms with E-state index in [1.165, 1.54) is 19.3 Å². The largest absolute Gasteiger partial charge is 0.478 e. The molecule has 0 aromatic carbocycles. The molecule has 6 heteroatoms. The fraction of sp³-hybridized carbons (Fsp3) is 0.500. The average Bonchev–Trinajstić information content (AvgIpc) is 2.84. The smallest absolute Gasteiger partial charge is 0.335 e. The van der Waals surface area contributed by atoms with Gasteiger partial charge in [0.1, 0.15) is 5.82 Å². The van der Waals surface area contributed by atoms with Crippen LogP contribution in [0.15, 0.2) is 18.3 Å². The first-order chi connectivity index (χ1) is 9.65. The van der Waals surface area contributed by atoms with Crippen molar-refractivity contribution in [1.29, 1.82) is 0 Å². The molecule has 0 radical (unpaired) electrons. The number of likely N-dealkylation sites (tertiary alicyclic amines) is 1. The van der Waals surface area contributed by atoms with Crippen LogP contribution in [0.2, 0.25) is 0 Å². The van der Waals surface area contributed by atoms with Gasteiger partial charge in [-0.3, -0.25) is 4.40 Å². The summed E-state index contributed by atoms with van der Waals surface area (Å²) in [6, 6.07) is 3.64.